The summed E-state index contributed by atoms with van der Waals surface area (Å²) in [4.78, 5) is 19.0. The van der Waals surface area contributed by atoms with Gasteiger partial charge in [-0.3, -0.25) is 0 Å². The zero-order valence-electron chi connectivity index (χ0n) is 14.1. The summed E-state index contributed by atoms with van der Waals surface area (Å²) in [5.74, 6) is 0. The number of urea groups is 1. The third-order valence-corrected chi connectivity index (χ3v) is 4.88. The fraction of sp³-hybridized carbons (Fsp3) is 0.611. The molecular formula is C18H28N4O. The van der Waals surface area contributed by atoms with Crippen LogP contribution < -0.4 is 10.2 Å². The number of piperazine rings is 1. The normalized spacial score (nSPS) is 20.2. The molecule has 0 radical (unpaired) electrons. The number of hydrogen-bond donors (Lipinski definition) is 1. The summed E-state index contributed by atoms with van der Waals surface area (Å²) in [7, 11) is 2.17. The van der Waals surface area contributed by atoms with Crippen molar-refractivity contribution in [3.05, 3.63) is 24.3 Å². The van der Waals surface area contributed by atoms with E-state index in [9.17, 15) is 4.79 Å². The van der Waals surface area contributed by atoms with Crippen LogP contribution in [0.15, 0.2) is 24.3 Å². The predicted molar refractivity (Wildman–Crippen MR) is 95.2 cm³/mol. The lowest BCUT2D eigenvalue weighted by molar-refractivity contribution is 0.214. The third-order valence-electron chi connectivity index (χ3n) is 4.88. The Kier molecular flexibility index (Phi) is 5.39. The van der Waals surface area contributed by atoms with Crippen LogP contribution in [-0.4, -0.2) is 62.1 Å². The van der Waals surface area contributed by atoms with Crippen molar-refractivity contribution >= 4 is 17.4 Å². The molecule has 2 fully saturated rings. The highest BCUT2D eigenvalue weighted by Crippen LogP contribution is 2.20. The highest BCUT2D eigenvalue weighted by molar-refractivity contribution is 5.89. The van der Waals surface area contributed by atoms with Gasteiger partial charge in [0, 0.05) is 50.6 Å². The lowest BCUT2D eigenvalue weighted by atomic mass is 10.2. The van der Waals surface area contributed by atoms with Gasteiger partial charge in [0.15, 0.2) is 0 Å². The van der Waals surface area contributed by atoms with E-state index in [1.807, 2.05) is 17.0 Å². The number of hydrogen-bond acceptors (Lipinski definition) is 3. The largest absolute Gasteiger partial charge is 0.369 e. The van der Waals surface area contributed by atoms with Crippen LogP contribution in [0, 0.1) is 0 Å². The van der Waals surface area contributed by atoms with Gasteiger partial charge in [-0.2, -0.15) is 0 Å². The number of rotatable bonds is 2. The Balaban J connectivity index is 1.55. The number of nitrogens with one attached hydrogen (secondary N) is 1. The number of carbonyl (C=O) groups is 1. The highest BCUT2D eigenvalue weighted by atomic mass is 16.2. The van der Waals surface area contributed by atoms with E-state index in [4.69, 9.17) is 0 Å². The highest BCUT2D eigenvalue weighted by Gasteiger charge is 2.16. The van der Waals surface area contributed by atoms with E-state index in [0.717, 1.165) is 57.8 Å². The Hall–Kier alpha value is -1.75. The maximum atomic E-state index is 12.3. The Bertz CT molecular complexity index is 500. The number of nitrogens with zero attached hydrogens (tertiary/aromatic N) is 3. The average Bonchev–Trinajstić information content (AvgIpc) is 2.86. The summed E-state index contributed by atoms with van der Waals surface area (Å²) in [5.41, 5.74) is 2.13. The first-order valence-electron chi connectivity index (χ1n) is 8.82. The standard InChI is InChI=1S/C18H28N4O/c1-20-12-14-21(15-13-20)17-8-6-16(7-9-17)19-18(23)22-10-4-2-3-5-11-22/h6-9H,2-5,10-15H2,1H3,(H,19,23). The Morgan fingerprint density at radius 3 is 2.09 bits per heavy atom. The molecule has 5 heteroatoms. The number of amides is 2. The number of carbonyl (C=O) groups excluding carboxylic acids is 1. The third kappa shape index (κ3) is 4.38. The van der Waals surface area contributed by atoms with Crippen LogP contribution in [0.4, 0.5) is 16.2 Å². The fourth-order valence-corrected chi connectivity index (χ4v) is 3.30. The van der Waals surface area contributed by atoms with Gasteiger partial charge in [0.2, 0.25) is 0 Å². The first-order chi connectivity index (χ1) is 11.2. The molecule has 23 heavy (non-hydrogen) atoms. The molecule has 2 saturated heterocycles. The smallest absolute Gasteiger partial charge is 0.321 e. The first kappa shape index (κ1) is 16.1. The SMILES string of the molecule is CN1CCN(c2ccc(NC(=O)N3CCCCCC3)cc2)CC1. The molecule has 2 amide bonds. The summed E-state index contributed by atoms with van der Waals surface area (Å²) in [6.45, 7) is 6.10. The van der Waals surface area contributed by atoms with Crippen molar-refractivity contribution in [2.24, 2.45) is 0 Å². The second kappa shape index (κ2) is 7.68. The van der Waals surface area contributed by atoms with Crippen LogP contribution >= 0.6 is 0 Å². The maximum Gasteiger partial charge on any atom is 0.321 e. The van der Waals surface area contributed by atoms with Gasteiger partial charge in [0.05, 0.1) is 0 Å². The Morgan fingerprint density at radius 1 is 0.870 bits per heavy atom. The van der Waals surface area contributed by atoms with Crippen molar-refractivity contribution in [3.8, 4) is 0 Å². The molecule has 126 valence electrons. The van der Waals surface area contributed by atoms with Gasteiger partial charge in [0.1, 0.15) is 0 Å². The number of likely N-dealkylation sites (tertiary alicyclic amines) is 1. The molecule has 5 nitrogen and oxygen atoms in total. The molecule has 1 aromatic carbocycles. The summed E-state index contributed by atoms with van der Waals surface area (Å²) < 4.78 is 0. The van der Waals surface area contributed by atoms with Gasteiger partial charge >= 0.3 is 6.03 Å². The van der Waals surface area contributed by atoms with E-state index in [-0.39, 0.29) is 6.03 Å². The molecule has 0 spiro atoms. The van der Waals surface area contributed by atoms with Crippen LogP contribution in [0.25, 0.3) is 0 Å². The van der Waals surface area contributed by atoms with Gasteiger partial charge in [-0.25, -0.2) is 4.79 Å². The summed E-state index contributed by atoms with van der Waals surface area (Å²) in [6.07, 6.45) is 4.72. The van der Waals surface area contributed by atoms with Crippen LogP contribution in [0.2, 0.25) is 0 Å². The molecule has 0 aromatic heterocycles. The summed E-state index contributed by atoms with van der Waals surface area (Å²) in [6, 6.07) is 8.30. The summed E-state index contributed by atoms with van der Waals surface area (Å²) >= 11 is 0. The van der Waals surface area contributed by atoms with Crippen LogP contribution in [0.3, 0.4) is 0 Å². The molecule has 0 atom stereocenters. The van der Waals surface area contributed by atoms with Crippen molar-refractivity contribution < 1.29 is 4.79 Å². The van der Waals surface area contributed by atoms with Crippen molar-refractivity contribution in [3.63, 3.8) is 0 Å². The maximum absolute atomic E-state index is 12.3. The Labute approximate surface area is 139 Å². The van der Waals surface area contributed by atoms with Crippen LogP contribution in [0.5, 0.6) is 0 Å². The fourth-order valence-electron chi connectivity index (χ4n) is 3.30. The minimum absolute atomic E-state index is 0.0410. The van der Waals surface area contributed by atoms with Crippen molar-refractivity contribution in [1.29, 1.82) is 0 Å². The second-order valence-corrected chi connectivity index (χ2v) is 6.67. The molecule has 2 aliphatic heterocycles. The van der Waals surface area contributed by atoms with Gasteiger partial charge in [0.25, 0.3) is 0 Å². The lowest BCUT2D eigenvalue weighted by Gasteiger charge is -2.34. The minimum atomic E-state index is 0.0410. The van der Waals surface area contributed by atoms with Gasteiger partial charge in [-0.05, 0) is 44.2 Å². The van der Waals surface area contributed by atoms with E-state index < -0.39 is 0 Å². The lowest BCUT2D eigenvalue weighted by Crippen LogP contribution is -2.44. The van der Waals surface area contributed by atoms with Crippen molar-refractivity contribution in [2.45, 2.75) is 25.7 Å². The van der Waals surface area contributed by atoms with E-state index in [0.29, 0.717) is 0 Å². The molecule has 0 saturated carbocycles. The molecule has 0 unspecified atom stereocenters. The van der Waals surface area contributed by atoms with Gasteiger partial charge < -0.3 is 20.0 Å². The molecular weight excluding hydrogens is 288 g/mol. The van der Waals surface area contributed by atoms with Gasteiger partial charge in [-0.15, -0.1) is 0 Å². The number of likely N-dealkylation sites (N-methyl/N-ethyl adjacent to an activating group) is 1. The minimum Gasteiger partial charge on any atom is -0.369 e. The molecule has 3 rings (SSSR count). The van der Waals surface area contributed by atoms with E-state index >= 15 is 0 Å². The molecule has 1 N–H and O–H groups in total. The van der Waals surface area contributed by atoms with E-state index in [1.165, 1.54) is 18.5 Å². The summed E-state index contributed by atoms with van der Waals surface area (Å²) in [5, 5.41) is 3.04. The quantitative estimate of drug-likeness (QED) is 0.912. The molecule has 0 bridgehead atoms. The monoisotopic (exact) mass is 316 g/mol. The Morgan fingerprint density at radius 2 is 1.48 bits per heavy atom. The van der Waals surface area contributed by atoms with E-state index in [2.05, 4.69) is 34.3 Å². The first-order valence-corrected chi connectivity index (χ1v) is 8.82. The van der Waals surface area contributed by atoms with Gasteiger partial charge in [-0.1, -0.05) is 12.8 Å². The second-order valence-electron chi connectivity index (χ2n) is 6.67. The predicted octanol–water partition coefficient (Wildman–Crippen LogP) is 2.85. The molecule has 0 aliphatic carbocycles. The number of anilines is 2. The molecule has 2 aliphatic rings. The topological polar surface area (TPSA) is 38.8 Å². The zero-order chi connectivity index (χ0) is 16.1. The van der Waals surface area contributed by atoms with E-state index in [1.54, 1.807) is 0 Å². The van der Waals surface area contributed by atoms with Crippen LogP contribution in [-0.2, 0) is 0 Å². The molecule has 2 heterocycles. The average molecular weight is 316 g/mol. The number of benzene rings is 1. The molecule has 1 aromatic rings. The van der Waals surface area contributed by atoms with Crippen molar-refractivity contribution in [1.82, 2.24) is 9.80 Å². The van der Waals surface area contributed by atoms with Crippen molar-refractivity contribution in [2.75, 3.05) is 56.5 Å². The zero-order valence-corrected chi connectivity index (χ0v) is 14.1. The van der Waals surface area contributed by atoms with Crippen LogP contribution in [0.1, 0.15) is 25.7 Å².